The fourth-order valence-corrected chi connectivity index (χ4v) is 4.80. The third kappa shape index (κ3) is 3.52. The Balaban J connectivity index is 1.90. The molecule has 0 unspecified atom stereocenters. The number of aromatic nitrogens is 2. The highest BCUT2D eigenvalue weighted by atomic mass is 35.5. The Morgan fingerprint density at radius 3 is 2.71 bits per heavy atom. The van der Waals surface area contributed by atoms with Crippen molar-refractivity contribution in [2.45, 2.75) is 6.54 Å². The molecule has 0 spiro atoms. The lowest BCUT2D eigenvalue weighted by Gasteiger charge is -2.08. The average Bonchev–Trinajstić information content (AvgIpc) is 3.33. The molecule has 4 aromatic rings. The molecular formula is C20H13ClN2O3S2. The number of halogens is 1. The first-order chi connectivity index (χ1) is 13.5. The van der Waals surface area contributed by atoms with E-state index >= 15 is 0 Å². The highest BCUT2D eigenvalue weighted by Gasteiger charge is 2.18. The van der Waals surface area contributed by atoms with Crippen molar-refractivity contribution in [1.82, 2.24) is 9.55 Å². The van der Waals surface area contributed by atoms with Gasteiger partial charge in [0.15, 0.2) is 0 Å². The number of benzene rings is 1. The van der Waals surface area contributed by atoms with Crippen molar-refractivity contribution in [3.8, 4) is 10.4 Å². The van der Waals surface area contributed by atoms with Crippen molar-refractivity contribution in [2.75, 3.05) is 0 Å². The number of hydrogen-bond acceptors (Lipinski definition) is 5. The van der Waals surface area contributed by atoms with Crippen LogP contribution in [0.3, 0.4) is 0 Å². The fourth-order valence-electron chi connectivity index (χ4n) is 2.84. The molecule has 0 saturated carbocycles. The monoisotopic (exact) mass is 428 g/mol. The number of carboxylic acid groups (broad SMARTS) is 1. The van der Waals surface area contributed by atoms with Gasteiger partial charge in [0.05, 0.1) is 5.39 Å². The van der Waals surface area contributed by atoms with Gasteiger partial charge in [0.25, 0.3) is 5.56 Å². The summed E-state index contributed by atoms with van der Waals surface area (Å²) in [5, 5.41) is 14.1. The zero-order valence-electron chi connectivity index (χ0n) is 14.3. The zero-order valence-corrected chi connectivity index (χ0v) is 16.7. The third-order valence-electron chi connectivity index (χ3n) is 4.12. The predicted molar refractivity (Wildman–Crippen MR) is 115 cm³/mol. The standard InChI is InChI=1S/C20H13ClN2O3S2/c21-14-5-2-1-4-12(14)7-8-16-22-19-18(20(26)23(16)10-17(24)25)13(11-28-19)15-6-3-9-27-15/h1-9,11H,10H2,(H,24,25)/b8-7+. The maximum atomic E-state index is 13.2. The normalized spacial score (nSPS) is 11.5. The van der Waals surface area contributed by atoms with E-state index in [2.05, 4.69) is 4.98 Å². The molecule has 4 rings (SSSR count). The van der Waals surface area contributed by atoms with Gasteiger partial charge in [0.2, 0.25) is 0 Å². The van der Waals surface area contributed by atoms with Crippen molar-refractivity contribution in [2.24, 2.45) is 0 Å². The van der Waals surface area contributed by atoms with Gasteiger partial charge in [-0.3, -0.25) is 14.2 Å². The minimum atomic E-state index is -1.11. The number of thiophene rings is 2. The summed E-state index contributed by atoms with van der Waals surface area (Å²) in [4.78, 5) is 30.6. The second-order valence-corrected chi connectivity index (χ2v) is 8.13. The fraction of sp³-hybridized carbons (Fsp3) is 0.0500. The van der Waals surface area contributed by atoms with Crippen LogP contribution in [0.4, 0.5) is 0 Å². The molecule has 0 aliphatic rings. The first-order valence-electron chi connectivity index (χ1n) is 8.25. The second-order valence-electron chi connectivity index (χ2n) is 5.92. The van der Waals surface area contributed by atoms with Crippen LogP contribution in [0.2, 0.25) is 5.02 Å². The van der Waals surface area contributed by atoms with Gasteiger partial charge in [-0.1, -0.05) is 35.9 Å². The molecule has 1 aromatic carbocycles. The zero-order chi connectivity index (χ0) is 19.7. The molecule has 28 heavy (non-hydrogen) atoms. The van der Waals surface area contributed by atoms with Crippen LogP contribution >= 0.6 is 34.3 Å². The molecule has 0 bridgehead atoms. The average molecular weight is 429 g/mol. The summed E-state index contributed by atoms with van der Waals surface area (Å²) in [5.41, 5.74) is 1.18. The van der Waals surface area contributed by atoms with Crippen molar-refractivity contribution in [1.29, 1.82) is 0 Å². The van der Waals surface area contributed by atoms with Gasteiger partial charge in [0, 0.05) is 20.8 Å². The smallest absolute Gasteiger partial charge is 0.323 e. The summed E-state index contributed by atoms with van der Waals surface area (Å²) in [7, 11) is 0. The van der Waals surface area contributed by atoms with Crippen LogP contribution in [-0.2, 0) is 11.3 Å². The molecule has 0 saturated heterocycles. The van der Waals surface area contributed by atoms with Crippen LogP contribution in [0.25, 0.3) is 32.8 Å². The van der Waals surface area contributed by atoms with Gasteiger partial charge < -0.3 is 5.11 Å². The molecule has 0 aliphatic heterocycles. The van der Waals surface area contributed by atoms with Crippen LogP contribution in [0.15, 0.2) is 52.0 Å². The number of hydrogen-bond donors (Lipinski definition) is 1. The van der Waals surface area contributed by atoms with E-state index < -0.39 is 12.5 Å². The van der Waals surface area contributed by atoms with E-state index in [0.717, 1.165) is 16.0 Å². The van der Waals surface area contributed by atoms with E-state index in [-0.39, 0.29) is 11.4 Å². The SMILES string of the molecule is O=C(O)Cn1c(/C=C/c2ccccc2Cl)nc2scc(-c3cccs3)c2c1=O. The minimum absolute atomic E-state index is 0.277. The molecule has 0 aliphatic carbocycles. The predicted octanol–water partition coefficient (Wildman–Crippen LogP) is 5.09. The quantitative estimate of drug-likeness (QED) is 0.480. The molecule has 0 atom stereocenters. The number of carbonyl (C=O) groups is 1. The van der Waals surface area contributed by atoms with E-state index in [9.17, 15) is 14.7 Å². The van der Waals surface area contributed by atoms with Crippen molar-refractivity contribution in [3.63, 3.8) is 0 Å². The Labute approximate surface area is 172 Å². The molecular weight excluding hydrogens is 416 g/mol. The Hall–Kier alpha value is -2.74. The first-order valence-corrected chi connectivity index (χ1v) is 10.4. The van der Waals surface area contributed by atoms with Gasteiger partial charge in [0.1, 0.15) is 17.2 Å². The number of carboxylic acids is 1. The molecule has 0 fully saturated rings. The Bertz CT molecular complexity index is 1260. The molecule has 0 radical (unpaired) electrons. The van der Waals surface area contributed by atoms with E-state index in [1.165, 1.54) is 27.2 Å². The van der Waals surface area contributed by atoms with Crippen molar-refractivity contribution >= 4 is 62.6 Å². The van der Waals surface area contributed by atoms with Gasteiger partial charge in [-0.2, -0.15) is 0 Å². The van der Waals surface area contributed by atoms with Crippen molar-refractivity contribution < 1.29 is 9.90 Å². The number of rotatable bonds is 5. The van der Waals surface area contributed by atoms with Crippen molar-refractivity contribution in [3.05, 3.63) is 73.9 Å². The topological polar surface area (TPSA) is 72.2 Å². The van der Waals surface area contributed by atoms with E-state index in [1.807, 2.05) is 41.1 Å². The van der Waals surface area contributed by atoms with Crippen LogP contribution < -0.4 is 5.56 Å². The summed E-state index contributed by atoms with van der Waals surface area (Å²) in [6.07, 6.45) is 3.34. The van der Waals surface area contributed by atoms with Gasteiger partial charge >= 0.3 is 5.97 Å². The lowest BCUT2D eigenvalue weighted by Crippen LogP contribution is -2.27. The second kappa shape index (κ2) is 7.71. The van der Waals surface area contributed by atoms with Gasteiger partial charge in [-0.25, -0.2) is 4.98 Å². The van der Waals surface area contributed by atoms with E-state index in [4.69, 9.17) is 11.6 Å². The summed E-state index contributed by atoms with van der Waals surface area (Å²) in [6, 6.07) is 11.1. The minimum Gasteiger partial charge on any atom is -0.480 e. The maximum absolute atomic E-state index is 13.2. The molecule has 5 nitrogen and oxygen atoms in total. The molecule has 8 heteroatoms. The number of fused-ring (bicyclic) bond motifs is 1. The summed E-state index contributed by atoms with van der Waals surface area (Å²) in [6.45, 7) is -0.469. The Morgan fingerprint density at radius 1 is 1.18 bits per heavy atom. The highest BCUT2D eigenvalue weighted by Crippen LogP contribution is 2.33. The summed E-state index contributed by atoms with van der Waals surface area (Å²) >= 11 is 9.06. The van der Waals surface area contributed by atoms with Gasteiger partial charge in [-0.05, 0) is 35.2 Å². The molecule has 3 aromatic heterocycles. The van der Waals surface area contributed by atoms with Crippen LogP contribution in [0.5, 0.6) is 0 Å². The maximum Gasteiger partial charge on any atom is 0.323 e. The Kier molecular flexibility index (Phi) is 5.13. The number of aliphatic carboxylic acids is 1. The molecule has 0 amide bonds. The molecule has 140 valence electrons. The van der Waals surface area contributed by atoms with Crippen LogP contribution in [-0.4, -0.2) is 20.6 Å². The number of nitrogens with zero attached hydrogens (tertiary/aromatic N) is 2. The third-order valence-corrected chi connectivity index (χ3v) is 6.24. The lowest BCUT2D eigenvalue weighted by atomic mass is 10.2. The van der Waals surface area contributed by atoms with Crippen LogP contribution in [0.1, 0.15) is 11.4 Å². The first kappa shape index (κ1) is 18.6. The summed E-state index contributed by atoms with van der Waals surface area (Å²) in [5.74, 6) is -0.831. The van der Waals surface area contributed by atoms with Crippen LogP contribution in [0, 0.1) is 0 Å². The van der Waals surface area contributed by atoms with E-state index in [1.54, 1.807) is 18.2 Å². The largest absolute Gasteiger partial charge is 0.480 e. The summed E-state index contributed by atoms with van der Waals surface area (Å²) < 4.78 is 1.18. The van der Waals surface area contributed by atoms with E-state index in [0.29, 0.717) is 15.2 Å². The Morgan fingerprint density at radius 2 is 2.00 bits per heavy atom. The molecule has 1 N–H and O–H groups in total. The highest BCUT2D eigenvalue weighted by molar-refractivity contribution is 7.18. The lowest BCUT2D eigenvalue weighted by molar-refractivity contribution is -0.137. The molecule has 3 heterocycles. The van der Waals surface area contributed by atoms with Gasteiger partial charge in [-0.15, -0.1) is 22.7 Å².